The Bertz CT molecular complexity index is 1190. The fourth-order valence-corrected chi connectivity index (χ4v) is 6.71. The fraction of sp³-hybridized carbons (Fsp3) is 0.419. The molecule has 38 heavy (non-hydrogen) atoms. The van der Waals surface area contributed by atoms with Gasteiger partial charge in [0.2, 0.25) is 0 Å². The van der Waals surface area contributed by atoms with Crippen LogP contribution in [-0.2, 0) is 6.54 Å². The molecule has 0 atom stereocenters. The Kier molecular flexibility index (Phi) is 8.86. The number of nitro groups is 1. The molecule has 200 valence electrons. The van der Waals surface area contributed by atoms with E-state index in [2.05, 4.69) is 46.2 Å². The zero-order valence-electron chi connectivity index (χ0n) is 22.1. The third-order valence-electron chi connectivity index (χ3n) is 7.97. The summed E-state index contributed by atoms with van der Waals surface area (Å²) in [5.41, 5.74) is 2.30. The number of hydrogen-bond acceptors (Lipinski definition) is 6. The number of anilines is 1. The van der Waals surface area contributed by atoms with Crippen molar-refractivity contribution in [3.05, 3.63) is 88.5 Å². The third-order valence-corrected chi connectivity index (χ3v) is 8.98. The number of likely N-dealkylation sites (tertiary alicyclic amines) is 1. The summed E-state index contributed by atoms with van der Waals surface area (Å²) >= 11 is 1.73. The molecule has 0 unspecified atom stereocenters. The van der Waals surface area contributed by atoms with Crippen LogP contribution in [0.25, 0.3) is 0 Å². The average molecular weight is 532 g/mol. The first-order valence-corrected chi connectivity index (χ1v) is 14.6. The molecule has 1 saturated heterocycles. The highest BCUT2D eigenvalue weighted by atomic mass is 32.2. The second-order valence-corrected chi connectivity index (χ2v) is 11.5. The summed E-state index contributed by atoms with van der Waals surface area (Å²) in [5, 5.41) is 11.4. The number of rotatable bonds is 9. The molecule has 0 spiro atoms. The van der Waals surface area contributed by atoms with Crippen LogP contribution in [0.5, 0.6) is 5.75 Å². The summed E-state index contributed by atoms with van der Waals surface area (Å²) in [6.07, 6.45) is 9.04. The molecule has 3 aromatic carbocycles. The average Bonchev–Trinajstić information content (AvgIpc) is 2.97. The number of nitro benzene ring substituents is 1. The topological polar surface area (TPSA) is 58.9 Å². The Balaban J connectivity index is 1.32. The van der Waals surface area contributed by atoms with Crippen LogP contribution < -0.4 is 9.64 Å². The van der Waals surface area contributed by atoms with E-state index in [0.29, 0.717) is 12.6 Å². The molecule has 1 aliphatic carbocycles. The number of hydrogen-bond donors (Lipinski definition) is 0. The molecule has 0 aromatic heterocycles. The van der Waals surface area contributed by atoms with Gasteiger partial charge in [-0.1, -0.05) is 43.2 Å². The largest absolute Gasteiger partial charge is 0.497 e. The Morgan fingerprint density at radius 3 is 2.21 bits per heavy atom. The minimum absolute atomic E-state index is 0.154. The molecule has 0 radical (unpaired) electrons. The highest BCUT2D eigenvalue weighted by Crippen LogP contribution is 2.33. The maximum Gasteiger partial charge on any atom is 0.269 e. The number of benzene rings is 3. The van der Waals surface area contributed by atoms with Crippen LogP contribution in [0.2, 0.25) is 0 Å². The van der Waals surface area contributed by atoms with Gasteiger partial charge in [-0.15, -0.1) is 0 Å². The molecule has 1 heterocycles. The molecule has 5 rings (SSSR count). The van der Waals surface area contributed by atoms with E-state index in [9.17, 15) is 10.1 Å². The zero-order chi connectivity index (χ0) is 26.3. The van der Waals surface area contributed by atoms with Gasteiger partial charge in [-0.25, -0.2) is 0 Å². The molecule has 7 heteroatoms. The summed E-state index contributed by atoms with van der Waals surface area (Å²) in [6, 6.07) is 25.2. The quantitative estimate of drug-likeness (QED) is 0.210. The van der Waals surface area contributed by atoms with Crippen LogP contribution in [0, 0.1) is 10.1 Å². The highest BCUT2D eigenvalue weighted by molar-refractivity contribution is 7.99. The van der Waals surface area contributed by atoms with Gasteiger partial charge in [-0.05, 0) is 79.8 Å². The van der Waals surface area contributed by atoms with Crippen LogP contribution >= 0.6 is 11.8 Å². The number of methoxy groups -OCH3 is 1. The van der Waals surface area contributed by atoms with Crippen molar-refractivity contribution in [2.75, 3.05) is 25.1 Å². The van der Waals surface area contributed by atoms with E-state index in [1.165, 1.54) is 47.6 Å². The van der Waals surface area contributed by atoms with Crippen molar-refractivity contribution in [3.63, 3.8) is 0 Å². The Morgan fingerprint density at radius 1 is 0.921 bits per heavy atom. The molecule has 1 saturated carbocycles. The molecular formula is C31H37N3O3S. The van der Waals surface area contributed by atoms with Crippen LogP contribution in [0.15, 0.2) is 82.6 Å². The highest BCUT2D eigenvalue weighted by Gasteiger charge is 2.29. The summed E-state index contributed by atoms with van der Waals surface area (Å²) in [4.78, 5) is 18.6. The van der Waals surface area contributed by atoms with Gasteiger partial charge in [0, 0.05) is 59.3 Å². The fourth-order valence-electron chi connectivity index (χ4n) is 5.89. The summed E-state index contributed by atoms with van der Waals surface area (Å²) in [6.45, 7) is 2.93. The minimum atomic E-state index is -0.304. The second kappa shape index (κ2) is 12.7. The maximum atomic E-state index is 11.4. The van der Waals surface area contributed by atoms with Crippen molar-refractivity contribution in [1.82, 2.24) is 4.90 Å². The first kappa shape index (κ1) is 26.6. The van der Waals surface area contributed by atoms with Gasteiger partial charge in [0.15, 0.2) is 0 Å². The molecule has 3 aromatic rings. The second-order valence-electron chi connectivity index (χ2n) is 10.4. The van der Waals surface area contributed by atoms with Gasteiger partial charge in [0.05, 0.1) is 12.0 Å². The van der Waals surface area contributed by atoms with Crippen molar-refractivity contribution < 1.29 is 9.66 Å². The van der Waals surface area contributed by atoms with E-state index in [0.717, 1.165) is 43.3 Å². The van der Waals surface area contributed by atoms with Gasteiger partial charge < -0.3 is 14.5 Å². The Morgan fingerprint density at radius 2 is 1.58 bits per heavy atom. The lowest BCUT2D eigenvalue weighted by molar-refractivity contribution is -0.384. The Labute approximate surface area is 230 Å². The van der Waals surface area contributed by atoms with Crippen molar-refractivity contribution in [2.45, 2.75) is 73.4 Å². The van der Waals surface area contributed by atoms with Gasteiger partial charge in [-0.2, -0.15) is 0 Å². The first-order valence-electron chi connectivity index (χ1n) is 13.7. The van der Waals surface area contributed by atoms with E-state index >= 15 is 0 Å². The molecular weight excluding hydrogens is 494 g/mol. The number of nitrogens with zero attached hydrogens (tertiary/aromatic N) is 3. The monoisotopic (exact) mass is 531 g/mol. The summed E-state index contributed by atoms with van der Waals surface area (Å²) in [5.74, 6) is 0.857. The number of non-ortho nitro benzene ring substituents is 1. The summed E-state index contributed by atoms with van der Waals surface area (Å²) < 4.78 is 5.27. The maximum absolute atomic E-state index is 11.4. The molecule has 2 aliphatic rings. The lowest BCUT2D eigenvalue weighted by Gasteiger charge is -2.43. The lowest BCUT2D eigenvalue weighted by Crippen LogP contribution is -2.48. The van der Waals surface area contributed by atoms with Crippen LogP contribution in [0.3, 0.4) is 0 Å². The SMILES string of the molecule is COc1ccc(Sc2ccc(N(Cc3cccc([N+](=O)[O-])c3)C3CCN(C4CCCCC4)CC3)cc2)cc1. The van der Waals surface area contributed by atoms with Crippen LogP contribution in [0.1, 0.15) is 50.5 Å². The van der Waals surface area contributed by atoms with Crippen molar-refractivity contribution in [1.29, 1.82) is 0 Å². The van der Waals surface area contributed by atoms with E-state index < -0.39 is 0 Å². The predicted octanol–water partition coefficient (Wildman–Crippen LogP) is 7.56. The van der Waals surface area contributed by atoms with E-state index in [-0.39, 0.29) is 10.6 Å². The summed E-state index contributed by atoms with van der Waals surface area (Å²) in [7, 11) is 1.68. The van der Waals surface area contributed by atoms with Crippen LogP contribution in [-0.4, -0.2) is 42.1 Å². The molecule has 0 bridgehead atoms. The van der Waals surface area contributed by atoms with Crippen molar-refractivity contribution in [2.24, 2.45) is 0 Å². The molecule has 0 amide bonds. The van der Waals surface area contributed by atoms with Gasteiger partial charge in [0.1, 0.15) is 5.75 Å². The van der Waals surface area contributed by atoms with E-state index in [1.54, 1.807) is 37.1 Å². The van der Waals surface area contributed by atoms with Crippen molar-refractivity contribution in [3.8, 4) is 5.75 Å². The number of ether oxygens (including phenoxy) is 1. The number of piperidine rings is 1. The molecule has 6 nitrogen and oxygen atoms in total. The smallest absolute Gasteiger partial charge is 0.269 e. The molecule has 0 N–H and O–H groups in total. The van der Waals surface area contributed by atoms with Crippen molar-refractivity contribution >= 4 is 23.1 Å². The lowest BCUT2D eigenvalue weighted by atomic mass is 9.91. The minimum Gasteiger partial charge on any atom is -0.497 e. The standard InChI is InChI=1S/C31H37N3O3S/c1-37-29-12-16-31(17-13-29)38-30-14-10-26(11-15-30)33(23-24-6-5-9-28(22-24)34(35)36)27-18-20-32(21-19-27)25-7-3-2-4-8-25/h5-6,9-17,22,25,27H,2-4,7-8,18-21,23H2,1H3. The van der Waals surface area contributed by atoms with Gasteiger partial charge in [-0.3, -0.25) is 10.1 Å². The normalized spacial score (nSPS) is 17.3. The van der Waals surface area contributed by atoms with Gasteiger partial charge in [0.25, 0.3) is 5.69 Å². The zero-order valence-corrected chi connectivity index (χ0v) is 22.9. The van der Waals surface area contributed by atoms with E-state index in [1.807, 2.05) is 18.2 Å². The van der Waals surface area contributed by atoms with Crippen LogP contribution in [0.4, 0.5) is 11.4 Å². The third kappa shape index (κ3) is 6.69. The first-order chi connectivity index (χ1) is 18.6. The Hall–Kier alpha value is -3.03. The van der Waals surface area contributed by atoms with E-state index in [4.69, 9.17) is 4.74 Å². The molecule has 1 aliphatic heterocycles. The predicted molar refractivity (Wildman–Crippen MR) is 154 cm³/mol. The van der Waals surface area contributed by atoms with Gasteiger partial charge >= 0.3 is 0 Å². The molecule has 2 fully saturated rings.